The Bertz CT molecular complexity index is 455. The molecule has 1 heterocycles. The van der Waals surface area contributed by atoms with Crippen molar-refractivity contribution in [2.45, 2.75) is 25.3 Å². The number of carbonyl (C=O) groups excluding carboxylic acids is 1. The summed E-state index contributed by atoms with van der Waals surface area (Å²) in [6, 6.07) is 7.69. The van der Waals surface area contributed by atoms with Gasteiger partial charge in [0.1, 0.15) is 12.4 Å². The van der Waals surface area contributed by atoms with Crippen LogP contribution in [0.3, 0.4) is 0 Å². The molecule has 1 aromatic rings. The van der Waals surface area contributed by atoms with Crippen LogP contribution in [0.5, 0.6) is 5.75 Å². The minimum atomic E-state index is -0.396. The number of carbonyl (C=O) groups is 1. The Kier molecular flexibility index (Phi) is 5.05. The highest BCUT2D eigenvalue weighted by Gasteiger charge is 2.37. The summed E-state index contributed by atoms with van der Waals surface area (Å²) in [5.41, 5.74) is -0.396. The molecule has 1 fully saturated rings. The van der Waals surface area contributed by atoms with Crippen LogP contribution in [0, 0.1) is 0 Å². The Balaban J connectivity index is 1.78. The van der Waals surface area contributed by atoms with E-state index in [1.165, 1.54) is 0 Å². The van der Waals surface area contributed by atoms with Gasteiger partial charge in [-0.1, -0.05) is 15.9 Å². The number of rotatable bonds is 5. The van der Waals surface area contributed by atoms with Crippen molar-refractivity contribution in [1.82, 2.24) is 10.2 Å². The van der Waals surface area contributed by atoms with Gasteiger partial charge in [-0.15, -0.1) is 0 Å². The Labute approximate surface area is 128 Å². The van der Waals surface area contributed by atoms with Gasteiger partial charge in [-0.2, -0.15) is 0 Å². The van der Waals surface area contributed by atoms with E-state index in [1.54, 1.807) is 4.90 Å². The van der Waals surface area contributed by atoms with Crippen LogP contribution >= 0.6 is 15.9 Å². The van der Waals surface area contributed by atoms with E-state index in [0.717, 1.165) is 29.6 Å². The van der Waals surface area contributed by atoms with E-state index < -0.39 is 5.54 Å². The molecule has 0 aliphatic carbocycles. The van der Waals surface area contributed by atoms with E-state index in [9.17, 15) is 4.79 Å². The summed E-state index contributed by atoms with van der Waals surface area (Å²) >= 11 is 3.38. The molecule has 4 nitrogen and oxygen atoms in total. The first-order chi connectivity index (χ1) is 9.51. The molecule has 1 saturated heterocycles. The summed E-state index contributed by atoms with van der Waals surface area (Å²) in [6.07, 6.45) is 1.97. The number of nitrogens with one attached hydrogen (secondary N) is 1. The first kappa shape index (κ1) is 15.3. The van der Waals surface area contributed by atoms with Crippen molar-refractivity contribution in [3.05, 3.63) is 28.7 Å². The maximum atomic E-state index is 12.4. The second-order valence-corrected chi connectivity index (χ2v) is 6.31. The summed E-state index contributed by atoms with van der Waals surface area (Å²) in [6.45, 7) is 3.99. The van der Waals surface area contributed by atoms with Crippen molar-refractivity contribution in [3.63, 3.8) is 0 Å². The quantitative estimate of drug-likeness (QED) is 0.894. The van der Waals surface area contributed by atoms with Gasteiger partial charge in [-0.3, -0.25) is 4.79 Å². The van der Waals surface area contributed by atoms with Crippen LogP contribution in [0.1, 0.15) is 19.8 Å². The highest BCUT2D eigenvalue weighted by atomic mass is 79.9. The molecule has 2 rings (SSSR count). The lowest BCUT2D eigenvalue weighted by atomic mass is 9.99. The molecule has 0 radical (unpaired) electrons. The number of amides is 1. The summed E-state index contributed by atoms with van der Waals surface area (Å²) in [5, 5.41) is 3.29. The van der Waals surface area contributed by atoms with Crippen LogP contribution in [-0.2, 0) is 4.79 Å². The van der Waals surface area contributed by atoms with Crippen LogP contribution < -0.4 is 10.1 Å². The Morgan fingerprint density at radius 1 is 1.45 bits per heavy atom. The van der Waals surface area contributed by atoms with Gasteiger partial charge in [-0.05, 0) is 50.6 Å². The number of halogens is 1. The number of hydrogen-bond acceptors (Lipinski definition) is 3. The molecule has 1 amide bonds. The van der Waals surface area contributed by atoms with Gasteiger partial charge in [0, 0.05) is 11.5 Å². The Morgan fingerprint density at radius 3 is 2.75 bits per heavy atom. The fourth-order valence-corrected chi connectivity index (χ4v) is 2.70. The third-order valence-electron chi connectivity index (χ3n) is 3.70. The van der Waals surface area contributed by atoms with E-state index in [4.69, 9.17) is 4.74 Å². The lowest BCUT2D eigenvalue weighted by Crippen LogP contribution is -2.52. The van der Waals surface area contributed by atoms with Crippen molar-refractivity contribution in [3.8, 4) is 5.75 Å². The average Bonchev–Trinajstić information content (AvgIpc) is 2.88. The fourth-order valence-electron chi connectivity index (χ4n) is 2.43. The van der Waals surface area contributed by atoms with Gasteiger partial charge in [-0.25, -0.2) is 0 Å². The van der Waals surface area contributed by atoms with E-state index in [1.807, 2.05) is 38.2 Å². The van der Waals surface area contributed by atoms with Crippen molar-refractivity contribution < 1.29 is 9.53 Å². The molecule has 1 N–H and O–H groups in total. The van der Waals surface area contributed by atoms with Crippen LogP contribution in [0.2, 0.25) is 0 Å². The lowest BCUT2D eigenvalue weighted by Gasteiger charge is -2.29. The first-order valence-corrected chi connectivity index (χ1v) is 7.69. The summed E-state index contributed by atoms with van der Waals surface area (Å²) in [5.74, 6) is 0.966. The molecule has 20 heavy (non-hydrogen) atoms. The minimum absolute atomic E-state index is 0.148. The molecule has 0 saturated carbocycles. The zero-order valence-electron chi connectivity index (χ0n) is 12.0. The van der Waals surface area contributed by atoms with Crippen molar-refractivity contribution in [2.75, 3.05) is 26.7 Å². The van der Waals surface area contributed by atoms with Crippen molar-refractivity contribution >= 4 is 21.8 Å². The molecule has 0 aromatic heterocycles. The molecule has 1 aliphatic heterocycles. The van der Waals surface area contributed by atoms with Gasteiger partial charge in [0.2, 0.25) is 5.91 Å². The Morgan fingerprint density at radius 2 is 2.15 bits per heavy atom. The number of hydrogen-bond donors (Lipinski definition) is 1. The minimum Gasteiger partial charge on any atom is -0.492 e. The van der Waals surface area contributed by atoms with Gasteiger partial charge in [0.15, 0.2) is 0 Å². The van der Waals surface area contributed by atoms with Gasteiger partial charge in [0.05, 0.1) is 12.1 Å². The predicted molar refractivity (Wildman–Crippen MR) is 82.9 cm³/mol. The predicted octanol–water partition coefficient (Wildman–Crippen LogP) is 2.43. The van der Waals surface area contributed by atoms with E-state index in [0.29, 0.717) is 13.2 Å². The maximum absolute atomic E-state index is 12.4. The monoisotopic (exact) mass is 340 g/mol. The van der Waals surface area contributed by atoms with Crippen LogP contribution in [0.25, 0.3) is 0 Å². The molecule has 1 aliphatic rings. The number of nitrogens with zero attached hydrogens (tertiary/aromatic N) is 1. The first-order valence-electron chi connectivity index (χ1n) is 6.90. The largest absolute Gasteiger partial charge is 0.492 e. The molecule has 110 valence electrons. The summed E-state index contributed by atoms with van der Waals surface area (Å²) in [4.78, 5) is 14.1. The fraction of sp³-hybridized carbons (Fsp3) is 0.533. The molecule has 0 spiro atoms. The molecular formula is C15H21BrN2O2. The molecular weight excluding hydrogens is 320 g/mol. The van der Waals surface area contributed by atoms with Gasteiger partial charge in [0.25, 0.3) is 0 Å². The van der Waals surface area contributed by atoms with Gasteiger partial charge < -0.3 is 15.0 Å². The maximum Gasteiger partial charge on any atom is 0.242 e. The molecule has 1 unspecified atom stereocenters. The normalized spacial score (nSPS) is 21.8. The highest BCUT2D eigenvalue weighted by molar-refractivity contribution is 9.10. The second kappa shape index (κ2) is 6.59. The Hall–Kier alpha value is -1.07. The van der Waals surface area contributed by atoms with Gasteiger partial charge >= 0.3 is 0 Å². The van der Waals surface area contributed by atoms with Crippen LogP contribution in [0.15, 0.2) is 28.7 Å². The van der Waals surface area contributed by atoms with Crippen LogP contribution in [0.4, 0.5) is 0 Å². The molecule has 0 bridgehead atoms. The third-order valence-corrected chi connectivity index (χ3v) is 4.23. The van der Waals surface area contributed by atoms with Crippen molar-refractivity contribution in [2.24, 2.45) is 0 Å². The topological polar surface area (TPSA) is 41.6 Å². The van der Waals surface area contributed by atoms with E-state index in [2.05, 4.69) is 21.2 Å². The summed E-state index contributed by atoms with van der Waals surface area (Å²) < 4.78 is 6.67. The van der Waals surface area contributed by atoms with Crippen molar-refractivity contribution in [1.29, 1.82) is 0 Å². The molecule has 1 aromatic carbocycles. The number of likely N-dealkylation sites (N-methyl/N-ethyl adjacent to an activating group) is 1. The number of benzene rings is 1. The average molecular weight is 341 g/mol. The third kappa shape index (κ3) is 3.73. The SMILES string of the molecule is CN(CCOc1ccc(Br)cc1)C(=O)C1(C)CCCN1. The number of ether oxygens (including phenoxy) is 1. The second-order valence-electron chi connectivity index (χ2n) is 5.39. The zero-order chi connectivity index (χ0) is 14.6. The smallest absolute Gasteiger partial charge is 0.242 e. The molecule has 5 heteroatoms. The van der Waals surface area contributed by atoms with E-state index >= 15 is 0 Å². The standard InChI is InChI=1S/C15H21BrN2O2/c1-15(8-3-9-17-15)14(19)18(2)10-11-20-13-6-4-12(16)5-7-13/h4-7,17H,3,8-11H2,1-2H3. The van der Waals surface area contributed by atoms with Crippen LogP contribution in [-0.4, -0.2) is 43.1 Å². The highest BCUT2D eigenvalue weighted by Crippen LogP contribution is 2.21. The molecule has 1 atom stereocenters. The lowest BCUT2D eigenvalue weighted by molar-refractivity contribution is -0.136. The van der Waals surface area contributed by atoms with E-state index in [-0.39, 0.29) is 5.91 Å². The summed E-state index contributed by atoms with van der Waals surface area (Å²) in [7, 11) is 1.83. The zero-order valence-corrected chi connectivity index (χ0v) is 13.6.